The molecule has 0 aliphatic rings. The lowest BCUT2D eigenvalue weighted by atomic mass is 10.0. The highest BCUT2D eigenvalue weighted by molar-refractivity contribution is 5.70. The minimum Gasteiger partial charge on any atom is -0.462 e. The van der Waals surface area contributed by atoms with Crippen molar-refractivity contribution in [1.82, 2.24) is 0 Å². The zero-order valence-electron chi connectivity index (χ0n) is 25.9. The summed E-state index contributed by atoms with van der Waals surface area (Å²) in [6.07, 6.45) is 28.3. The van der Waals surface area contributed by atoms with Crippen LogP contribution in [0.15, 0.2) is 36.5 Å². The van der Waals surface area contributed by atoms with Crippen LogP contribution in [0.25, 0.3) is 0 Å². The fraction of sp³-hybridized carbons (Fsp3) is 0.765. The van der Waals surface area contributed by atoms with Gasteiger partial charge in [-0.05, 0) is 44.4 Å². The molecule has 0 amide bonds. The van der Waals surface area contributed by atoms with Crippen molar-refractivity contribution < 1.29 is 29.3 Å². The quantitative estimate of drug-likeness (QED) is 0.0452. The van der Waals surface area contributed by atoms with Crippen molar-refractivity contribution in [3.63, 3.8) is 0 Å². The second-order valence-corrected chi connectivity index (χ2v) is 11.2. The van der Waals surface area contributed by atoms with Crippen molar-refractivity contribution in [2.24, 2.45) is 5.92 Å². The third-order valence-electron chi connectivity index (χ3n) is 6.71. The van der Waals surface area contributed by atoms with Gasteiger partial charge in [-0.25, -0.2) is 0 Å². The monoisotopic (exact) mass is 564 g/mol. The highest BCUT2D eigenvalue weighted by Crippen LogP contribution is 2.13. The second-order valence-electron chi connectivity index (χ2n) is 11.2. The van der Waals surface area contributed by atoms with Crippen LogP contribution in [-0.4, -0.2) is 47.6 Å². The van der Waals surface area contributed by atoms with Gasteiger partial charge < -0.3 is 19.7 Å². The fourth-order valence-electron chi connectivity index (χ4n) is 4.24. The van der Waals surface area contributed by atoms with Gasteiger partial charge in [0.05, 0.1) is 12.7 Å². The van der Waals surface area contributed by atoms with Crippen LogP contribution in [-0.2, 0) is 19.1 Å². The lowest BCUT2D eigenvalue weighted by Gasteiger charge is -2.15. The van der Waals surface area contributed by atoms with E-state index in [4.69, 9.17) is 9.47 Å². The molecule has 0 spiro atoms. The van der Waals surface area contributed by atoms with Gasteiger partial charge in [-0.3, -0.25) is 9.59 Å². The van der Waals surface area contributed by atoms with E-state index in [2.05, 4.69) is 32.9 Å². The Balaban J connectivity index is 3.70. The topological polar surface area (TPSA) is 93.1 Å². The van der Waals surface area contributed by atoms with Gasteiger partial charge >= 0.3 is 11.9 Å². The van der Waals surface area contributed by atoms with Gasteiger partial charge in [-0.2, -0.15) is 0 Å². The van der Waals surface area contributed by atoms with Gasteiger partial charge in [0.15, 0.2) is 6.10 Å². The van der Waals surface area contributed by atoms with E-state index in [-0.39, 0.29) is 25.2 Å². The molecule has 0 radical (unpaired) electrons. The minimum absolute atomic E-state index is 0.0926. The second kappa shape index (κ2) is 28.6. The molecule has 40 heavy (non-hydrogen) atoms. The van der Waals surface area contributed by atoms with Crippen molar-refractivity contribution in [2.45, 2.75) is 149 Å². The SMILES string of the molecule is CC/C=C/CC(O)/C=C/C=C/CCCCCCCC(=O)OC[C@H](CO)OC(=O)CCCCCCCCCC(C)C. The molecule has 0 aliphatic carbocycles. The average molecular weight is 565 g/mol. The smallest absolute Gasteiger partial charge is 0.306 e. The molecule has 2 N–H and O–H groups in total. The first-order valence-electron chi connectivity index (χ1n) is 16.0. The maximum Gasteiger partial charge on any atom is 0.306 e. The van der Waals surface area contributed by atoms with Gasteiger partial charge in [0.2, 0.25) is 0 Å². The number of carbonyl (C=O) groups is 2. The van der Waals surface area contributed by atoms with Crippen molar-refractivity contribution in [2.75, 3.05) is 13.2 Å². The number of aliphatic hydroxyl groups excluding tert-OH is 2. The van der Waals surface area contributed by atoms with Crippen LogP contribution in [0.3, 0.4) is 0 Å². The Kier molecular flexibility index (Phi) is 27.2. The molecule has 0 rings (SSSR count). The lowest BCUT2D eigenvalue weighted by Crippen LogP contribution is -2.28. The van der Waals surface area contributed by atoms with Crippen LogP contribution in [0, 0.1) is 5.92 Å². The molecule has 0 heterocycles. The molecule has 0 saturated carbocycles. The lowest BCUT2D eigenvalue weighted by molar-refractivity contribution is -0.161. The number of esters is 2. The molecular formula is C34H60O6. The molecule has 6 nitrogen and oxygen atoms in total. The summed E-state index contributed by atoms with van der Waals surface area (Å²) in [4.78, 5) is 24.0. The van der Waals surface area contributed by atoms with E-state index in [1.807, 2.05) is 18.2 Å². The molecule has 232 valence electrons. The Morgan fingerprint density at radius 2 is 1.35 bits per heavy atom. The average Bonchev–Trinajstić information content (AvgIpc) is 2.92. The van der Waals surface area contributed by atoms with Gasteiger partial charge in [-0.1, -0.05) is 121 Å². The number of ether oxygens (including phenoxy) is 2. The van der Waals surface area contributed by atoms with E-state index < -0.39 is 12.2 Å². The van der Waals surface area contributed by atoms with Gasteiger partial charge in [0.25, 0.3) is 0 Å². The molecule has 0 aromatic rings. The zero-order valence-corrected chi connectivity index (χ0v) is 25.9. The Morgan fingerprint density at radius 1 is 0.750 bits per heavy atom. The van der Waals surface area contributed by atoms with Crippen molar-refractivity contribution in [1.29, 1.82) is 0 Å². The highest BCUT2D eigenvalue weighted by Gasteiger charge is 2.16. The predicted octanol–water partition coefficient (Wildman–Crippen LogP) is 8.16. The zero-order chi connectivity index (χ0) is 29.7. The molecule has 6 heteroatoms. The third-order valence-corrected chi connectivity index (χ3v) is 6.71. The molecule has 2 atom stereocenters. The van der Waals surface area contributed by atoms with E-state index in [0.717, 1.165) is 70.1 Å². The van der Waals surface area contributed by atoms with Crippen LogP contribution in [0.4, 0.5) is 0 Å². The summed E-state index contributed by atoms with van der Waals surface area (Å²) in [5, 5.41) is 19.3. The van der Waals surface area contributed by atoms with Crippen molar-refractivity contribution in [3.05, 3.63) is 36.5 Å². The molecule has 0 aromatic carbocycles. The molecule has 0 saturated heterocycles. The van der Waals surface area contributed by atoms with E-state index in [0.29, 0.717) is 19.3 Å². The molecule has 0 aliphatic heterocycles. The number of allylic oxidation sites excluding steroid dienone is 4. The number of unbranched alkanes of at least 4 members (excludes halogenated alkanes) is 11. The Bertz CT molecular complexity index is 682. The highest BCUT2D eigenvalue weighted by atomic mass is 16.6. The number of aliphatic hydroxyl groups is 2. The van der Waals surface area contributed by atoms with Gasteiger partial charge in [-0.15, -0.1) is 0 Å². The van der Waals surface area contributed by atoms with E-state index in [9.17, 15) is 19.8 Å². The van der Waals surface area contributed by atoms with Crippen LogP contribution in [0.2, 0.25) is 0 Å². The first-order valence-corrected chi connectivity index (χ1v) is 16.0. The van der Waals surface area contributed by atoms with Crippen molar-refractivity contribution in [3.8, 4) is 0 Å². The number of rotatable bonds is 27. The normalized spacial score (nSPS) is 13.6. The van der Waals surface area contributed by atoms with Crippen LogP contribution >= 0.6 is 0 Å². The maximum atomic E-state index is 12.0. The van der Waals surface area contributed by atoms with Crippen LogP contribution < -0.4 is 0 Å². The molecule has 0 aromatic heterocycles. The van der Waals surface area contributed by atoms with Crippen LogP contribution in [0.5, 0.6) is 0 Å². The number of carbonyl (C=O) groups excluding carboxylic acids is 2. The first-order chi connectivity index (χ1) is 19.4. The fourth-order valence-corrected chi connectivity index (χ4v) is 4.24. The number of hydrogen-bond donors (Lipinski definition) is 2. The summed E-state index contributed by atoms with van der Waals surface area (Å²) in [7, 11) is 0. The van der Waals surface area contributed by atoms with Crippen molar-refractivity contribution >= 4 is 11.9 Å². The first kappa shape index (κ1) is 38.1. The predicted molar refractivity (Wildman–Crippen MR) is 165 cm³/mol. The van der Waals surface area contributed by atoms with E-state index >= 15 is 0 Å². The molecule has 1 unspecified atom stereocenters. The Hall–Kier alpha value is -1.92. The Labute approximate surface area is 245 Å². The van der Waals surface area contributed by atoms with E-state index in [1.54, 1.807) is 6.08 Å². The van der Waals surface area contributed by atoms with Gasteiger partial charge in [0, 0.05) is 12.8 Å². The molecule has 0 bridgehead atoms. The summed E-state index contributed by atoms with van der Waals surface area (Å²) in [6.45, 7) is 6.16. The maximum absolute atomic E-state index is 12.0. The summed E-state index contributed by atoms with van der Waals surface area (Å²) < 4.78 is 10.5. The minimum atomic E-state index is -0.790. The Morgan fingerprint density at radius 3 is 1.98 bits per heavy atom. The summed E-state index contributed by atoms with van der Waals surface area (Å²) in [5.41, 5.74) is 0. The molecular weight excluding hydrogens is 504 g/mol. The summed E-state index contributed by atoms with van der Waals surface area (Å²) in [6, 6.07) is 0. The van der Waals surface area contributed by atoms with Gasteiger partial charge in [0.1, 0.15) is 6.61 Å². The standard InChI is InChI=1S/C34H60O6/c1-4-5-18-24-31(36)25-20-15-11-7-6-8-12-16-21-26-33(37)39-29-32(28-35)40-34(38)27-22-17-13-9-10-14-19-23-30(2)3/h5,11,15,18,20,25,30-32,35-36H,4,6-10,12-14,16-17,19,21-24,26-29H2,1-3H3/b15-11+,18-5+,25-20+/t31?,32-/m0/s1. The summed E-state index contributed by atoms with van der Waals surface area (Å²) in [5.74, 6) is 0.131. The largest absolute Gasteiger partial charge is 0.462 e. The van der Waals surface area contributed by atoms with E-state index in [1.165, 1.54) is 32.1 Å². The number of hydrogen-bond acceptors (Lipinski definition) is 6. The third kappa shape index (κ3) is 27.6. The van der Waals surface area contributed by atoms with Crippen LogP contribution in [0.1, 0.15) is 136 Å². The summed E-state index contributed by atoms with van der Waals surface area (Å²) >= 11 is 0. The molecule has 0 fully saturated rings.